The molecule has 0 unspecified atom stereocenters. The Hall–Kier alpha value is -8.52. The first-order valence-electron chi connectivity index (χ1n) is 22.3. The van der Waals surface area contributed by atoms with Crippen LogP contribution in [0.4, 0.5) is 17.1 Å². The minimum atomic E-state index is -0.729. The van der Waals surface area contributed by atoms with E-state index >= 15 is 0 Å². The first-order valence-corrected chi connectivity index (χ1v) is 22.7. The third-order valence-electron chi connectivity index (χ3n) is 9.91. The van der Waals surface area contributed by atoms with E-state index in [9.17, 15) is 62.3 Å². The van der Waals surface area contributed by atoms with Gasteiger partial charge in [0.25, 0.3) is 35.4 Å². The lowest BCUT2D eigenvalue weighted by Gasteiger charge is -2.14. The summed E-state index contributed by atoms with van der Waals surface area (Å²) < 4.78 is 4.53. The summed E-state index contributed by atoms with van der Waals surface area (Å²) >= 11 is 4.46. The summed E-state index contributed by atoms with van der Waals surface area (Å²) in [6.45, 7) is 6.98. The van der Waals surface area contributed by atoms with Crippen molar-refractivity contribution in [2.45, 2.75) is 103 Å². The van der Waals surface area contributed by atoms with E-state index in [2.05, 4.69) is 56.0 Å². The molecular weight excluding hydrogens is 961 g/mol. The molecule has 4 saturated heterocycles. The molecule has 0 atom stereocenters. The summed E-state index contributed by atoms with van der Waals surface area (Å²) in [5.41, 5.74) is 2.97. The van der Waals surface area contributed by atoms with Gasteiger partial charge in [-0.3, -0.25) is 48.1 Å². The summed E-state index contributed by atoms with van der Waals surface area (Å²) in [7, 11) is 0. The molecule has 72 heavy (non-hydrogen) atoms. The molecule has 23 heteroatoms. The Balaban J connectivity index is 0.000000261. The van der Waals surface area contributed by atoms with E-state index < -0.39 is 35.6 Å². The van der Waals surface area contributed by atoms with Crippen LogP contribution in [0.15, 0.2) is 89.6 Å². The van der Waals surface area contributed by atoms with E-state index in [1.165, 1.54) is 12.2 Å². The van der Waals surface area contributed by atoms with E-state index in [-0.39, 0.29) is 93.9 Å². The molecule has 8 amide bonds. The number of allylic oxidation sites excluding steroid dienone is 1. The number of hydrogen-bond donors (Lipinski definition) is 0. The molecule has 4 fully saturated rings. The Morgan fingerprint density at radius 2 is 1.08 bits per heavy atom. The van der Waals surface area contributed by atoms with Crippen LogP contribution in [-0.4, -0.2) is 110 Å². The summed E-state index contributed by atoms with van der Waals surface area (Å²) in [5, 5.41) is 3.30. The van der Waals surface area contributed by atoms with Gasteiger partial charge in [-0.1, -0.05) is 18.7 Å². The van der Waals surface area contributed by atoms with Gasteiger partial charge in [-0.2, -0.15) is 4.99 Å². The molecule has 0 aliphatic carbocycles. The van der Waals surface area contributed by atoms with Crippen molar-refractivity contribution in [3.8, 4) is 0 Å². The highest BCUT2D eigenvalue weighted by atomic mass is 32.1. The molecule has 0 aromatic heterocycles. The fraction of sp³-hybridized carbons (Fsp3) is 0.347. The molecular formula is C49H50N6O16S. The summed E-state index contributed by atoms with van der Waals surface area (Å²) in [6.07, 6.45) is 8.93. The molecule has 22 nitrogen and oxygen atoms in total. The Kier molecular flexibility index (Phi) is 24.8. The number of unbranched alkanes of at least 4 members (excludes halogenated alkanes) is 2. The minimum Gasteiger partial charge on any atom is -0.432 e. The van der Waals surface area contributed by atoms with Gasteiger partial charge in [-0.15, -0.1) is 10.1 Å². The van der Waals surface area contributed by atoms with Gasteiger partial charge in [-0.25, -0.2) is 19.5 Å². The van der Waals surface area contributed by atoms with Crippen LogP contribution in [0.25, 0.3) is 0 Å². The number of hydrogen-bond acceptors (Lipinski definition) is 19. The second kappa shape index (κ2) is 30.9. The predicted molar refractivity (Wildman–Crippen MR) is 255 cm³/mol. The fourth-order valence-electron chi connectivity index (χ4n) is 6.30. The van der Waals surface area contributed by atoms with E-state index in [4.69, 9.17) is 4.84 Å². The molecule has 2 aromatic rings. The molecule has 2 aromatic carbocycles. The Morgan fingerprint density at radius 1 is 0.625 bits per heavy atom. The number of imide groups is 4. The van der Waals surface area contributed by atoms with E-state index in [1.54, 1.807) is 36.4 Å². The number of amides is 8. The highest BCUT2D eigenvalue weighted by Gasteiger charge is 2.34. The van der Waals surface area contributed by atoms with Crippen LogP contribution in [0.5, 0.6) is 0 Å². The number of hydroxylamine groups is 4. The number of cyclic esters (lactones) is 1. The van der Waals surface area contributed by atoms with Crippen LogP contribution in [0.2, 0.25) is 0 Å². The zero-order chi connectivity index (χ0) is 53.0. The maximum atomic E-state index is 11.7. The lowest BCUT2D eigenvalue weighted by atomic mass is 10.1. The first-order chi connectivity index (χ1) is 34.5. The monoisotopic (exact) mass is 1010 g/mol. The predicted octanol–water partition coefficient (Wildman–Crippen LogP) is 4.87. The Labute approximate surface area is 417 Å². The van der Waals surface area contributed by atoms with E-state index in [0.29, 0.717) is 66.5 Å². The lowest BCUT2D eigenvalue weighted by molar-refractivity contribution is -0.197. The van der Waals surface area contributed by atoms with Gasteiger partial charge in [0.1, 0.15) is 18.3 Å². The number of aliphatic imine (C=N–C) groups is 2. The first kappa shape index (κ1) is 57.8. The number of ether oxygens (including phenoxy) is 1. The van der Waals surface area contributed by atoms with Crippen LogP contribution in [-0.2, 0) is 83.2 Å². The second-order valence-corrected chi connectivity index (χ2v) is 15.4. The average molecular weight is 1010 g/mol. The number of carbonyl (C=O) groups is 13. The van der Waals surface area contributed by atoms with Crippen LogP contribution >= 0.6 is 12.2 Å². The zero-order valence-electron chi connectivity index (χ0n) is 39.0. The van der Waals surface area contributed by atoms with Crippen molar-refractivity contribution in [1.29, 1.82) is 0 Å². The number of benzene rings is 2. The smallest absolute Gasteiger partial charge is 0.333 e. The Morgan fingerprint density at radius 3 is 1.49 bits per heavy atom. The van der Waals surface area contributed by atoms with Crippen LogP contribution in [0, 0.1) is 0 Å². The molecule has 0 N–H and O–H groups in total. The highest BCUT2D eigenvalue weighted by Crippen LogP contribution is 2.22. The number of likely N-dealkylation sites (tertiary alicyclic amines) is 1. The summed E-state index contributed by atoms with van der Waals surface area (Å²) in [6, 6.07) is 14.1. The van der Waals surface area contributed by atoms with E-state index in [1.807, 2.05) is 12.1 Å². The number of carbonyl (C=O) groups excluding carboxylic acids is 13. The van der Waals surface area contributed by atoms with Crippen molar-refractivity contribution in [3.63, 3.8) is 0 Å². The van der Waals surface area contributed by atoms with Crippen molar-refractivity contribution in [2.75, 3.05) is 11.4 Å². The van der Waals surface area contributed by atoms with Gasteiger partial charge in [0.2, 0.25) is 11.8 Å². The fourth-order valence-corrected chi connectivity index (χ4v) is 6.41. The van der Waals surface area contributed by atoms with Gasteiger partial charge in [0.15, 0.2) is 0 Å². The minimum absolute atomic E-state index is 0.0445. The van der Waals surface area contributed by atoms with Gasteiger partial charge in [0, 0.05) is 89.3 Å². The topological polar surface area (TPSA) is 287 Å². The number of anilines is 1. The van der Waals surface area contributed by atoms with Crippen LogP contribution in [0.1, 0.15) is 102 Å². The number of rotatable bonds is 17. The molecule has 0 bridgehead atoms. The Bertz CT molecular complexity index is 2420. The third kappa shape index (κ3) is 19.8. The summed E-state index contributed by atoms with van der Waals surface area (Å²) in [4.78, 5) is 163. The normalized spacial score (nSPS) is 15.4. The van der Waals surface area contributed by atoms with Crippen molar-refractivity contribution in [2.24, 2.45) is 9.98 Å². The second-order valence-electron chi connectivity index (χ2n) is 15.3. The van der Waals surface area contributed by atoms with Crippen molar-refractivity contribution in [1.82, 2.24) is 15.0 Å². The molecule has 5 aliphatic heterocycles. The standard InChI is InChI=1S/C18H16N2O6.C12H14N2O6.C9H6N2S.C5H6O2.C5H8O2/c21-14-8-9-15(22)19(14)13-6-4-12(5-7-13)2-1-3-18(25)26-20-16(23)10-11-17(20)24;15-8-3-4-9(16)13(8)7-1-2-12(19)20-14-10(17)5-6-11(14)18;1-2-10-8-3-5-9(6-4-8)11-7-12;1-4-2-3-5(6)7-4;6-4-2-1-3-5-7/h4-9H,1-3,10-11H2;1-7H2;3-6H,1H2;1-3H2;4-5H,1-3H2. The van der Waals surface area contributed by atoms with Crippen LogP contribution in [0.3, 0.4) is 0 Å². The van der Waals surface area contributed by atoms with Gasteiger partial charge < -0.3 is 24.0 Å². The number of thiocarbonyl (C=S) groups is 1. The SMILES string of the molecule is C=C1CCC(=O)O1.C=C=Nc1ccc(N=C=S)cc1.O=C(CCCN1C(=O)CCC1=O)ON1C(=O)CCC1=O.O=C(CCCc1ccc(N2C(=O)C=CC2=O)cc1)ON1C(=O)CCC1=O.O=CCCCC=O. The van der Waals surface area contributed by atoms with Crippen LogP contribution < -0.4 is 4.90 Å². The van der Waals surface area contributed by atoms with Gasteiger partial charge >= 0.3 is 17.9 Å². The molecule has 0 radical (unpaired) electrons. The molecule has 378 valence electrons. The molecule has 5 heterocycles. The van der Waals surface area contributed by atoms with E-state index in [0.717, 1.165) is 39.3 Å². The molecule has 7 rings (SSSR count). The number of isothiocyanates is 1. The number of nitrogens with zero attached hydrogens (tertiary/aromatic N) is 6. The maximum Gasteiger partial charge on any atom is 0.333 e. The third-order valence-corrected chi connectivity index (χ3v) is 10.00. The molecule has 0 saturated carbocycles. The number of esters is 1. The highest BCUT2D eigenvalue weighted by molar-refractivity contribution is 7.78. The van der Waals surface area contributed by atoms with Crippen molar-refractivity contribution < 1.29 is 76.7 Å². The largest absolute Gasteiger partial charge is 0.432 e. The number of aldehydes is 2. The lowest BCUT2D eigenvalue weighted by Crippen LogP contribution is -2.33. The summed E-state index contributed by atoms with van der Waals surface area (Å²) in [5.74, 6) is -1.78. The maximum absolute atomic E-state index is 11.7. The number of aryl methyl sites for hydroxylation is 1. The van der Waals surface area contributed by atoms with Crippen molar-refractivity contribution in [3.05, 3.63) is 85.2 Å². The van der Waals surface area contributed by atoms with Gasteiger partial charge in [0.05, 0.1) is 28.6 Å². The quantitative estimate of drug-likeness (QED) is 0.0510. The average Bonchev–Trinajstić information content (AvgIpc) is 4.17. The van der Waals surface area contributed by atoms with Gasteiger partial charge in [-0.05, 0) is 92.3 Å². The molecule has 0 spiro atoms. The van der Waals surface area contributed by atoms with Crippen molar-refractivity contribution >= 4 is 118 Å². The zero-order valence-corrected chi connectivity index (χ0v) is 39.8. The molecule has 5 aliphatic rings.